The van der Waals surface area contributed by atoms with E-state index in [0.29, 0.717) is 37.8 Å². The van der Waals surface area contributed by atoms with Crippen molar-refractivity contribution in [3.63, 3.8) is 0 Å². The first-order chi connectivity index (χ1) is 27.6. The fourth-order valence-electron chi connectivity index (χ4n) is 10.9. The Bertz CT molecular complexity index is 1550. The minimum absolute atomic E-state index is 0.0257. The first kappa shape index (κ1) is 60.6. The van der Waals surface area contributed by atoms with E-state index in [9.17, 15) is 14.4 Å². The lowest BCUT2D eigenvalue weighted by atomic mass is 9.65. The van der Waals surface area contributed by atoms with E-state index in [0.717, 1.165) is 29.5 Å². The predicted octanol–water partition coefficient (Wildman–Crippen LogP) is 13.8. The van der Waals surface area contributed by atoms with E-state index in [4.69, 9.17) is 5.73 Å². The number of benzene rings is 1. The molecule has 0 spiro atoms. The fourth-order valence-corrected chi connectivity index (χ4v) is 10.9. The molecule has 0 atom stereocenters. The van der Waals surface area contributed by atoms with E-state index in [2.05, 4.69) is 200 Å². The zero-order chi connectivity index (χ0) is 50.3. The average Bonchev–Trinajstić information content (AvgIpc) is 3.02. The quantitative estimate of drug-likeness (QED) is 0.0977. The zero-order valence-corrected chi connectivity index (χ0v) is 46.6. The lowest BCUT2D eigenvalue weighted by Gasteiger charge is -2.40. The summed E-state index contributed by atoms with van der Waals surface area (Å²) in [7, 11) is 0. The highest BCUT2D eigenvalue weighted by molar-refractivity contribution is 5.83. The lowest BCUT2D eigenvalue weighted by Crippen LogP contribution is -2.45. The summed E-state index contributed by atoms with van der Waals surface area (Å²) in [5.41, 5.74) is 6.92. The molecule has 0 saturated heterocycles. The summed E-state index contributed by atoms with van der Waals surface area (Å²) in [5.74, 6) is 0.0633. The summed E-state index contributed by atoms with van der Waals surface area (Å²) in [5, 5.41) is 9.47. The van der Waals surface area contributed by atoms with Crippen molar-refractivity contribution in [1.29, 1.82) is 0 Å². The van der Waals surface area contributed by atoms with Crippen LogP contribution in [0.1, 0.15) is 242 Å². The fraction of sp³-hybridized carbons (Fsp3) is 0.839. The molecule has 7 heteroatoms. The highest BCUT2D eigenvalue weighted by atomic mass is 16.2. The molecule has 5 N–H and O–H groups in total. The van der Waals surface area contributed by atoms with Crippen molar-refractivity contribution < 1.29 is 14.4 Å². The third-order valence-electron chi connectivity index (χ3n) is 12.5. The first-order valence-corrected chi connectivity index (χ1v) is 24.4. The number of carbonyl (C=O) groups is 3. The first-order valence-electron chi connectivity index (χ1n) is 24.4. The van der Waals surface area contributed by atoms with Gasteiger partial charge in [-0.2, -0.15) is 0 Å². The molecule has 0 unspecified atom stereocenters. The van der Waals surface area contributed by atoms with Crippen molar-refractivity contribution in [3.8, 4) is 0 Å². The van der Waals surface area contributed by atoms with Gasteiger partial charge in [-0.3, -0.25) is 14.4 Å². The number of carbonyl (C=O) groups excluding carboxylic acids is 3. The average molecular weight is 883 g/mol. The maximum absolute atomic E-state index is 13.9. The molecule has 0 aliphatic carbocycles. The number of hydrogen-bond acceptors (Lipinski definition) is 4. The van der Waals surface area contributed by atoms with Crippen LogP contribution >= 0.6 is 0 Å². The summed E-state index contributed by atoms with van der Waals surface area (Å²) in [6, 6.07) is 6.91. The van der Waals surface area contributed by atoms with Crippen molar-refractivity contribution in [2.75, 3.05) is 19.8 Å². The van der Waals surface area contributed by atoms with Gasteiger partial charge in [0.1, 0.15) is 0 Å². The smallest absolute Gasteiger partial charge is 0.226 e. The van der Waals surface area contributed by atoms with Gasteiger partial charge >= 0.3 is 0 Å². The van der Waals surface area contributed by atoms with Crippen LogP contribution in [0.2, 0.25) is 0 Å². The van der Waals surface area contributed by atoms with E-state index < -0.39 is 16.2 Å². The second kappa shape index (κ2) is 21.5. The minimum Gasteiger partial charge on any atom is -0.355 e. The van der Waals surface area contributed by atoms with Crippen LogP contribution < -0.4 is 21.7 Å². The lowest BCUT2D eigenvalue weighted by molar-refractivity contribution is -0.131. The molecule has 0 bridgehead atoms. The molecule has 0 radical (unpaired) electrons. The monoisotopic (exact) mass is 883 g/mol. The Morgan fingerprint density at radius 3 is 0.857 bits per heavy atom. The normalized spacial score (nSPS) is 14.1. The van der Waals surface area contributed by atoms with Crippen LogP contribution in [-0.4, -0.2) is 37.5 Å². The van der Waals surface area contributed by atoms with Gasteiger partial charge in [0.25, 0.3) is 0 Å². The molecule has 368 valence electrons. The van der Waals surface area contributed by atoms with E-state index in [1.165, 1.54) is 12.8 Å². The Balaban J connectivity index is 0.00000503. The van der Waals surface area contributed by atoms with Crippen LogP contribution in [0.25, 0.3) is 0 Å². The molecule has 1 aromatic rings. The van der Waals surface area contributed by atoms with Gasteiger partial charge < -0.3 is 21.7 Å². The van der Waals surface area contributed by atoms with E-state index in [-0.39, 0.29) is 62.3 Å². The summed E-state index contributed by atoms with van der Waals surface area (Å²) in [6.45, 7) is 58.3. The van der Waals surface area contributed by atoms with Crippen LogP contribution in [0.4, 0.5) is 0 Å². The summed E-state index contributed by atoms with van der Waals surface area (Å²) in [4.78, 5) is 41.0. The van der Waals surface area contributed by atoms with Crippen LogP contribution in [-0.2, 0) is 30.6 Å². The molecular formula is C56H106N4O3. The number of amides is 3. The highest BCUT2D eigenvalue weighted by Crippen LogP contribution is 2.46. The number of nitrogens with two attached hydrogens (primary N) is 1. The number of nitrogens with one attached hydrogen (secondary N) is 3. The van der Waals surface area contributed by atoms with Crippen LogP contribution in [0.3, 0.4) is 0 Å². The van der Waals surface area contributed by atoms with E-state index >= 15 is 0 Å². The van der Waals surface area contributed by atoms with Crippen molar-refractivity contribution in [1.82, 2.24) is 16.0 Å². The molecule has 3 amide bonds. The predicted molar refractivity (Wildman–Crippen MR) is 274 cm³/mol. The summed E-state index contributed by atoms with van der Waals surface area (Å²) in [6.07, 6.45) is 6.54. The SMILES string of the molecule is CC(C)(C)CC(C)(C)CNC(=O)C(C)(C)CC(C)(C)c1cc(C(C)(C)CC(C)(C)C(=O)NCN)cc(C(C)(C)CC(C)(C)C(=O)NCC(C)(C)CC(C)(C)C)c1.CCCC(C)(C)C. The van der Waals surface area contributed by atoms with Crippen LogP contribution in [0.5, 0.6) is 0 Å². The molecule has 1 aromatic carbocycles. The largest absolute Gasteiger partial charge is 0.355 e. The molecule has 63 heavy (non-hydrogen) atoms. The van der Waals surface area contributed by atoms with Crippen molar-refractivity contribution >= 4 is 17.7 Å². The molecule has 0 aliphatic rings. The zero-order valence-electron chi connectivity index (χ0n) is 46.6. The Labute approximate surface area is 391 Å². The second-order valence-electron chi connectivity index (χ2n) is 28.8. The molecule has 1 rings (SSSR count). The summed E-state index contributed by atoms with van der Waals surface area (Å²) < 4.78 is 0. The number of rotatable bonds is 20. The van der Waals surface area contributed by atoms with Crippen molar-refractivity contribution in [2.24, 2.45) is 49.1 Å². The molecule has 0 saturated carbocycles. The van der Waals surface area contributed by atoms with Gasteiger partial charge in [0.15, 0.2) is 0 Å². The second-order valence-corrected chi connectivity index (χ2v) is 28.8. The highest BCUT2D eigenvalue weighted by Gasteiger charge is 2.42. The van der Waals surface area contributed by atoms with Crippen molar-refractivity contribution in [3.05, 3.63) is 34.9 Å². The van der Waals surface area contributed by atoms with Crippen LogP contribution in [0, 0.1) is 43.3 Å². The molecule has 0 heterocycles. The third-order valence-corrected chi connectivity index (χ3v) is 12.5. The van der Waals surface area contributed by atoms with Gasteiger partial charge in [0.2, 0.25) is 17.7 Å². The number of hydrogen-bond donors (Lipinski definition) is 4. The maximum Gasteiger partial charge on any atom is 0.226 e. The molecule has 0 aromatic heterocycles. The minimum atomic E-state index is -0.661. The standard InChI is InChI=1S/C49H90N4O3.C7H16/c1-40(2,3)26-42(7,8)31-51-37(54)47(17,18)28-44(11,12)34-23-35(25-36(24-34)46(15,16)30-49(21,22)39(56)53-33-50)45(13,14)29-48(19,20)38(55)52-32-43(9,10)27-41(4,5)6;1-5-6-7(2,3)4/h23-25H,26-33,50H2,1-22H3,(H,51,54)(H,52,55)(H,53,56);5-6H2,1-4H3. The van der Waals surface area contributed by atoms with E-state index in [1.807, 2.05) is 13.8 Å². The molecular weight excluding hydrogens is 777 g/mol. The van der Waals surface area contributed by atoms with Gasteiger partial charge in [-0.25, -0.2) is 0 Å². The van der Waals surface area contributed by atoms with Gasteiger partial charge in [-0.15, -0.1) is 0 Å². The van der Waals surface area contributed by atoms with E-state index in [1.54, 1.807) is 0 Å². The Morgan fingerprint density at radius 1 is 0.413 bits per heavy atom. The topological polar surface area (TPSA) is 113 Å². The van der Waals surface area contributed by atoms with Gasteiger partial charge in [-0.1, -0.05) is 205 Å². The molecule has 7 nitrogen and oxygen atoms in total. The van der Waals surface area contributed by atoms with Gasteiger partial charge in [0.05, 0.1) is 6.67 Å². The van der Waals surface area contributed by atoms with Crippen molar-refractivity contribution in [2.45, 2.75) is 241 Å². The Kier molecular flexibility index (Phi) is 20.7. The van der Waals surface area contributed by atoms with Gasteiger partial charge in [0, 0.05) is 29.3 Å². The third kappa shape index (κ3) is 22.1. The molecule has 0 aliphatic heterocycles. The molecule has 0 fully saturated rings. The maximum atomic E-state index is 13.9. The van der Waals surface area contributed by atoms with Gasteiger partial charge in [-0.05, 0) is 98.5 Å². The van der Waals surface area contributed by atoms with Crippen LogP contribution in [0.15, 0.2) is 18.2 Å². The Morgan fingerprint density at radius 2 is 0.667 bits per heavy atom. The summed E-state index contributed by atoms with van der Waals surface area (Å²) >= 11 is 0. The Hall–Kier alpha value is -2.41.